The van der Waals surface area contributed by atoms with Crippen molar-refractivity contribution in [2.45, 2.75) is 84.2 Å². The normalized spacial score (nSPS) is 32.6. The van der Waals surface area contributed by atoms with Crippen LogP contribution in [-0.2, 0) is 24.3 Å². The first-order valence-corrected chi connectivity index (χ1v) is 12.7. The quantitative estimate of drug-likeness (QED) is 0.520. The van der Waals surface area contributed by atoms with E-state index in [0.717, 1.165) is 24.2 Å². The number of esters is 1. The van der Waals surface area contributed by atoms with Crippen LogP contribution in [0.25, 0.3) is 0 Å². The molecule has 4 rings (SSSR count). The molecule has 0 unspecified atom stereocenters. The van der Waals surface area contributed by atoms with Crippen molar-refractivity contribution in [3.05, 3.63) is 0 Å². The Kier molecular flexibility index (Phi) is 6.93. The van der Waals surface area contributed by atoms with E-state index < -0.39 is 22.0 Å². The van der Waals surface area contributed by atoms with Crippen LogP contribution >= 0.6 is 0 Å². The highest BCUT2D eigenvalue weighted by molar-refractivity contribution is 7.89. The first kappa shape index (κ1) is 22.5. The summed E-state index contributed by atoms with van der Waals surface area (Å²) in [6.07, 6.45) is 8.91. The Balaban J connectivity index is 1.44. The molecule has 2 atom stereocenters. The Bertz CT molecular complexity index is 685. The fourth-order valence-electron chi connectivity index (χ4n) is 6.12. The van der Waals surface area contributed by atoms with Crippen molar-refractivity contribution in [3.63, 3.8) is 0 Å². The summed E-state index contributed by atoms with van der Waals surface area (Å²) in [4.78, 5) is 24.5. The zero-order chi connectivity index (χ0) is 21.2. The molecule has 4 aliphatic carbocycles. The van der Waals surface area contributed by atoms with Crippen LogP contribution in [0.2, 0.25) is 0 Å². The van der Waals surface area contributed by atoms with Gasteiger partial charge in [0.15, 0.2) is 6.61 Å². The summed E-state index contributed by atoms with van der Waals surface area (Å²) >= 11 is 0. The zero-order valence-electron chi connectivity index (χ0n) is 17.9. The fourth-order valence-corrected chi connectivity index (χ4v) is 7.54. The molecule has 0 heterocycles. The number of carbonyl (C=O) groups excluding carboxylic acids is 2. The largest absolute Gasteiger partial charge is 0.454 e. The minimum atomic E-state index is -3.52. The molecule has 0 spiro atoms. The molecule has 0 saturated heterocycles. The lowest BCUT2D eigenvalue weighted by atomic mass is 9.48. The van der Waals surface area contributed by atoms with E-state index in [0.29, 0.717) is 6.42 Å². The van der Waals surface area contributed by atoms with Gasteiger partial charge < -0.3 is 10.1 Å². The van der Waals surface area contributed by atoms with Crippen molar-refractivity contribution >= 4 is 21.9 Å². The summed E-state index contributed by atoms with van der Waals surface area (Å²) < 4.78 is 31.2. The van der Waals surface area contributed by atoms with Crippen molar-refractivity contribution in [1.82, 2.24) is 10.0 Å². The van der Waals surface area contributed by atoms with E-state index in [1.54, 1.807) is 0 Å². The third kappa shape index (κ3) is 5.51. The second-order valence-electron chi connectivity index (χ2n) is 9.69. The average Bonchev–Trinajstić information content (AvgIpc) is 2.63. The molecule has 0 aliphatic heterocycles. The van der Waals surface area contributed by atoms with E-state index >= 15 is 0 Å². The summed E-state index contributed by atoms with van der Waals surface area (Å²) in [5.41, 5.74) is 0.191. The summed E-state index contributed by atoms with van der Waals surface area (Å²) in [6, 6.07) is -0.947. The van der Waals surface area contributed by atoms with Gasteiger partial charge in [-0.2, -0.15) is 0 Å². The van der Waals surface area contributed by atoms with Gasteiger partial charge in [-0.3, -0.25) is 9.59 Å². The molecule has 7 nitrogen and oxygen atoms in total. The summed E-state index contributed by atoms with van der Waals surface area (Å²) in [5, 5.41) is 3.05. The van der Waals surface area contributed by atoms with Crippen LogP contribution < -0.4 is 10.0 Å². The highest BCUT2D eigenvalue weighted by atomic mass is 32.2. The van der Waals surface area contributed by atoms with E-state index in [9.17, 15) is 18.0 Å². The maximum Gasteiger partial charge on any atom is 0.324 e. The predicted octanol–water partition coefficient (Wildman–Crippen LogP) is 2.36. The molecule has 0 aromatic heterocycles. The maximum absolute atomic E-state index is 12.4. The highest BCUT2D eigenvalue weighted by Crippen LogP contribution is 2.61. The van der Waals surface area contributed by atoms with Gasteiger partial charge in [-0.15, -0.1) is 0 Å². The summed E-state index contributed by atoms with van der Waals surface area (Å²) in [5.74, 6) is 1.34. The van der Waals surface area contributed by atoms with Gasteiger partial charge in [-0.05, 0) is 82.0 Å². The SMILES string of the molecule is CCCCS(=O)(=O)N[C@@H](C)C(=O)OCC(=O)N[C@H](C)C12CC3CC(CC(C3)C1)C2. The van der Waals surface area contributed by atoms with Gasteiger partial charge in [-0.25, -0.2) is 13.1 Å². The number of hydrogen-bond donors (Lipinski definition) is 2. The van der Waals surface area contributed by atoms with Crippen LogP contribution in [0, 0.1) is 23.2 Å². The molecule has 4 saturated carbocycles. The number of hydrogen-bond acceptors (Lipinski definition) is 5. The summed E-state index contributed by atoms with van der Waals surface area (Å²) in [6.45, 7) is 5.03. The van der Waals surface area contributed by atoms with Gasteiger partial charge in [0.2, 0.25) is 10.0 Å². The average molecular weight is 429 g/mol. The van der Waals surface area contributed by atoms with E-state index in [1.165, 1.54) is 45.4 Å². The Morgan fingerprint density at radius 3 is 2.14 bits per heavy atom. The van der Waals surface area contributed by atoms with Gasteiger partial charge in [0.05, 0.1) is 5.75 Å². The number of unbranched alkanes of at least 4 members (excludes halogenated alkanes) is 1. The van der Waals surface area contributed by atoms with Gasteiger partial charge in [-0.1, -0.05) is 13.3 Å². The molecule has 0 aromatic carbocycles. The molecular weight excluding hydrogens is 392 g/mol. The highest BCUT2D eigenvalue weighted by Gasteiger charge is 2.53. The number of carbonyl (C=O) groups is 2. The van der Waals surface area contributed by atoms with Crippen LogP contribution in [0.3, 0.4) is 0 Å². The summed E-state index contributed by atoms with van der Waals surface area (Å²) in [7, 11) is -3.52. The van der Waals surface area contributed by atoms with E-state index in [1.807, 2.05) is 6.92 Å². The van der Waals surface area contributed by atoms with Gasteiger partial charge in [0, 0.05) is 6.04 Å². The van der Waals surface area contributed by atoms with Crippen molar-refractivity contribution in [2.75, 3.05) is 12.4 Å². The Morgan fingerprint density at radius 2 is 1.62 bits per heavy atom. The minimum absolute atomic E-state index is 0.0236. The monoisotopic (exact) mass is 428 g/mol. The van der Waals surface area contributed by atoms with Crippen molar-refractivity contribution in [1.29, 1.82) is 0 Å². The predicted molar refractivity (Wildman–Crippen MR) is 110 cm³/mol. The molecule has 166 valence electrons. The lowest BCUT2D eigenvalue weighted by Crippen LogP contribution is -2.56. The van der Waals surface area contributed by atoms with Crippen LogP contribution in [-0.4, -0.2) is 44.7 Å². The smallest absolute Gasteiger partial charge is 0.324 e. The Labute approximate surface area is 174 Å². The number of nitrogens with one attached hydrogen (secondary N) is 2. The van der Waals surface area contributed by atoms with Crippen molar-refractivity contribution in [2.24, 2.45) is 23.2 Å². The van der Waals surface area contributed by atoms with Crippen LogP contribution in [0.5, 0.6) is 0 Å². The number of amides is 1. The van der Waals surface area contributed by atoms with Gasteiger partial charge in [0.25, 0.3) is 5.91 Å². The molecule has 4 bridgehead atoms. The second kappa shape index (κ2) is 8.92. The second-order valence-corrected chi connectivity index (χ2v) is 11.6. The molecule has 4 fully saturated rings. The molecule has 29 heavy (non-hydrogen) atoms. The molecule has 0 aromatic rings. The van der Waals surface area contributed by atoms with Gasteiger partial charge in [0.1, 0.15) is 6.04 Å². The molecule has 1 amide bonds. The maximum atomic E-state index is 12.4. The van der Waals surface area contributed by atoms with E-state index in [4.69, 9.17) is 4.74 Å². The van der Waals surface area contributed by atoms with Crippen LogP contribution in [0.1, 0.15) is 72.1 Å². The zero-order valence-corrected chi connectivity index (χ0v) is 18.7. The number of ether oxygens (including phenoxy) is 1. The van der Waals surface area contributed by atoms with Crippen LogP contribution in [0.15, 0.2) is 0 Å². The number of sulfonamides is 1. The van der Waals surface area contributed by atoms with E-state index in [2.05, 4.69) is 17.0 Å². The molecular formula is C21H36N2O5S. The standard InChI is InChI=1S/C21H36N2O5S/c1-4-5-6-29(26,27)23-14(2)20(25)28-13-19(24)22-15(3)21-10-16-7-17(11-21)9-18(8-16)12-21/h14-18,23H,4-13H2,1-3H3,(H,22,24)/t14-,15+,16?,17?,18?,21?/m0/s1. The molecule has 2 N–H and O–H groups in total. The third-order valence-corrected chi connectivity index (χ3v) is 8.74. The topological polar surface area (TPSA) is 102 Å². The molecule has 8 heteroatoms. The molecule has 4 aliphatic rings. The lowest BCUT2D eigenvalue weighted by Gasteiger charge is -2.59. The van der Waals surface area contributed by atoms with Crippen molar-refractivity contribution < 1.29 is 22.7 Å². The number of rotatable bonds is 10. The van der Waals surface area contributed by atoms with Crippen molar-refractivity contribution in [3.8, 4) is 0 Å². The Hall–Kier alpha value is -1.15. The lowest BCUT2D eigenvalue weighted by molar-refractivity contribution is -0.150. The first-order chi connectivity index (χ1) is 13.6. The van der Waals surface area contributed by atoms with E-state index in [-0.39, 0.29) is 29.7 Å². The Morgan fingerprint density at radius 1 is 1.07 bits per heavy atom. The van der Waals surface area contributed by atoms with Gasteiger partial charge >= 0.3 is 5.97 Å². The van der Waals surface area contributed by atoms with Crippen LogP contribution in [0.4, 0.5) is 0 Å². The first-order valence-electron chi connectivity index (χ1n) is 11.1. The minimum Gasteiger partial charge on any atom is -0.454 e. The third-order valence-electron chi connectivity index (χ3n) is 7.20. The molecule has 0 radical (unpaired) electrons. The fraction of sp³-hybridized carbons (Fsp3) is 0.905.